The number of carbonyl (C=O) groups excluding carboxylic acids is 1. The molecule has 7 atom stereocenters. The molecule has 3 saturated carbocycles. The number of fused-ring (bicyclic) bond motifs is 6. The van der Waals surface area contributed by atoms with Gasteiger partial charge in [0.25, 0.3) is 5.91 Å². The van der Waals surface area contributed by atoms with Crippen LogP contribution in [0.25, 0.3) is 10.8 Å². The highest BCUT2D eigenvalue weighted by Gasteiger charge is 2.60. The van der Waals surface area contributed by atoms with E-state index < -0.39 is 0 Å². The number of ether oxygens (including phenoxy) is 1. The molecule has 1 aromatic carbocycles. The maximum absolute atomic E-state index is 13.0. The molecule has 2 aromatic rings. The van der Waals surface area contributed by atoms with Crippen molar-refractivity contribution in [2.24, 2.45) is 34.5 Å². The number of aromatic nitrogens is 1. The number of nitrogens with zero attached hydrogens (tertiary/aromatic N) is 1. The first kappa shape index (κ1) is 20.3. The van der Waals surface area contributed by atoms with Gasteiger partial charge in [-0.1, -0.05) is 51.5 Å². The van der Waals surface area contributed by atoms with Crippen molar-refractivity contribution in [3.8, 4) is 5.88 Å². The minimum Gasteiger partial charge on any atom is -0.434 e. The van der Waals surface area contributed by atoms with Crippen LogP contribution in [0.1, 0.15) is 59.3 Å². The molecule has 0 unspecified atom stereocenters. The van der Waals surface area contributed by atoms with E-state index in [2.05, 4.69) is 37.1 Å². The van der Waals surface area contributed by atoms with E-state index in [4.69, 9.17) is 4.74 Å². The molecule has 4 aliphatic rings. The predicted molar refractivity (Wildman–Crippen MR) is 126 cm³/mol. The Morgan fingerprint density at radius 2 is 1.91 bits per heavy atom. The van der Waals surface area contributed by atoms with Crippen LogP contribution in [-0.4, -0.2) is 16.9 Å². The zero-order valence-electron chi connectivity index (χ0n) is 19.4. The normalized spacial score (nSPS) is 40.7. The number of nitrogens with one attached hydrogen (secondary N) is 1. The number of rotatable bonds is 2. The van der Waals surface area contributed by atoms with Crippen molar-refractivity contribution < 1.29 is 9.53 Å². The summed E-state index contributed by atoms with van der Waals surface area (Å²) < 4.78 is 6.14. The molecule has 0 saturated heterocycles. The fourth-order valence-electron chi connectivity index (χ4n) is 8.05. The summed E-state index contributed by atoms with van der Waals surface area (Å²) in [5, 5.41) is 5.48. The standard InChI is InChI=1S/C28H34N2O2/c1-17-13-23-28(3,21-10-12-27(2)11-6-9-20(27)25(17)21)15-22(26(31)30-23)32-24-14-18-7-4-5-8-19(18)16-29-24/h4-5,7-8,14-17,20-21,23,25H,6,9-13H2,1-3H3,(H,30,31)/t17-,20-,21-,23+,25-,27-,28+/m0/s1. The summed E-state index contributed by atoms with van der Waals surface area (Å²) in [6, 6.07) is 10.2. The summed E-state index contributed by atoms with van der Waals surface area (Å²) in [6.45, 7) is 7.35. The average molecular weight is 431 g/mol. The number of pyridine rings is 1. The molecule has 1 aromatic heterocycles. The number of amides is 1. The summed E-state index contributed by atoms with van der Waals surface area (Å²) in [6.07, 6.45) is 11.8. The van der Waals surface area contributed by atoms with Gasteiger partial charge in [-0.3, -0.25) is 4.79 Å². The molecule has 168 valence electrons. The monoisotopic (exact) mass is 430 g/mol. The van der Waals surface area contributed by atoms with Crippen molar-refractivity contribution in [3.05, 3.63) is 48.4 Å². The lowest BCUT2D eigenvalue weighted by atomic mass is 9.46. The van der Waals surface area contributed by atoms with Crippen LogP contribution in [0.2, 0.25) is 0 Å². The molecular weight excluding hydrogens is 396 g/mol. The van der Waals surface area contributed by atoms with Gasteiger partial charge in [-0.2, -0.15) is 0 Å². The summed E-state index contributed by atoms with van der Waals surface area (Å²) >= 11 is 0. The van der Waals surface area contributed by atoms with Gasteiger partial charge in [0.15, 0.2) is 5.76 Å². The fourth-order valence-corrected chi connectivity index (χ4v) is 8.05. The zero-order chi connectivity index (χ0) is 22.1. The minimum atomic E-state index is -0.102. The molecule has 0 spiro atoms. The highest BCUT2D eigenvalue weighted by molar-refractivity contribution is 5.93. The van der Waals surface area contributed by atoms with Gasteiger partial charge in [0.2, 0.25) is 5.88 Å². The Morgan fingerprint density at radius 1 is 1.09 bits per heavy atom. The Bertz CT molecular complexity index is 1110. The minimum absolute atomic E-state index is 0.0683. The predicted octanol–water partition coefficient (Wildman–Crippen LogP) is 5.87. The molecule has 0 bridgehead atoms. The first-order valence-corrected chi connectivity index (χ1v) is 12.4. The van der Waals surface area contributed by atoms with Gasteiger partial charge < -0.3 is 10.1 Å². The van der Waals surface area contributed by atoms with Crippen molar-refractivity contribution in [3.63, 3.8) is 0 Å². The molecule has 3 fully saturated rings. The Morgan fingerprint density at radius 3 is 2.75 bits per heavy atom. The number of carbonyl (C=O) groups is 1. The SMILES string of the molecule is C[C@H]1C[C@H]2NC(=O)C(Oc3cc4ccccc4cn3)=C[C@]2(C)[C@H]2CC[C@]3(C)CCC[C@H]3[C@H]12. The average Bonchev–Trinajstić information content (AvgIpc) is 3.17. The first-order valence-electron chi connectivity index (χ1n) is 12.4. The van der Waals surface area contributed by atoms with E-state index in [0.717, 1.165) is 29.0 Å². The lowest BCUT2D eigenvalue weighted by Gasteiger charge is -2.60. The van der Waals surface area contributed by atoms with Crippen molar-refractivity contribution in [2.75, 3.05) is 0 Å². The number of hydrogen-bond acceptors (Lipinski definition) is 3. The second-order valence-electron chi connectivity index (χ2n) is 11.5. The molecule has 0 radical (unpaired) electrons. The number of hydrogen-bond donors (Lipinski definition) is 1. The lowest BCUT2D eigenvalue weighted by molar-refractivity contribution is -0.128. The summed E-state index contributed by atoms with van der Waals surface area (Å²) in [5.41, 5.74) is 0.454. The van der Waals surface area contributed by atoms with E-state index in [1.54, 1.807) is 0 Å². The van der Waals surface area contributed by atoms with E-state index in [0.29, 0.717) is 28.9 Å². The van der Waals surface area contributed by atoms with Gasteiger partial charge in [0.05, 0.1) is 0 Å². The van der Waals surface area contributed by atoms with Crippen LogP contribution in [0.15, 0.2) is 48.4 Å². The maximum atomic E-state index is 13.0. The molecular formula is C28H34N2O2. The third-order valence-electron chi connectivity index (χ3n) is 9.72. The van der Waals surface area contributed by atoms with Crippen LogP contribution in [0.5, 0.6) is 5.88 Å². The highest BCUT2D eigenvalue weighted by Crippen LogP contribution is 2.64. The highest BCUT2D eigenvalue weighted by atomic mass is 16.5. The first-order chi connectivity index (χ1) is 15.4. The van der Waals surface area contributed by atoms with Gasteiger partial charge in [-0.25, -0.2) is 4.98 Å². The van der Waals surface area contributed by atoms with Crippen LogP contribution < -0.4 is 10.1 Å². The van der Waals surface area contributed by atoms with Crippen molar-refractivity contribution in [1.82, 2.24) is 10.3 Å². The largest absolute Gasteiger partial charge is 0.434 e. The van der Waals surface area contributed by atoms with Crippen LogP contribution >= 0.6 is 0 Å². The quantitative estimate of drug-likeness (QED) is 0.648. The van der Waals surface area contributed by atoms with E-state index in [1.807, 2.05) is 36.5 Å². The Balaban J connectivity index is 1.35. The van der Waals surface area contributed by atoms with Crippen molar-refractivity contribution in [2.45, 2.75) is 65.3 Å². The molecule has 4 nitrogen and oxygen atoms in total. The second kappa shape index (κ2) is 7.07. The Labute approximate surface area is 190 Å². The smallest absolute Gasteiger partial charge is 0.287 e. The van der Waals surface area contributed by atoms with Gasteiger partial charge in [-0.15, -0.1) is 0 Å². The Hall–Kier alpha value is -2.36. The second-order valence-corrected chi connectivity index (χ2v) is 11.5. The van der Waals surface area contributed by atoms with Gasteiger partial charge >= 0.3 is 0 Å². The van der Waals surface area contributed by atoms with E-state index in [1.165, 1.54) is 32.1 Å². The topological polar surface area (TPSA) is 51.2 Å². The van der Waals surface area contributed by atoms with Gasteiger partial charge in [0, 0.05) is 29.1 Å². The third kappa shape index (κ3) is 2.94. The van der Waals surface area contributed by atoms with Crippen LogP contribution in [-0.2, 0) is 4.79 Å². The molecule has 32 heavy (non-hydrogen) atoms. The van der Waals surface area contributed by atoms with Crippen molar-refractivity contribution >= 4 is 16.7 Å². The van der Waals surface area contributed by atoms with Crippen molar-refractivity contribution in [1.29, 1.82) is 0 Å². The molecule has 6 rings (SSSR count). The zero-order valence-corrected chi connectivity index (χ0v) is 19.4. The Kier molecular flexibility index (Phi) is 4.48. The molecule has 1 N–H and O–H groups in total. The van der Waals surface area contributed by atoms with Crippen LogP contribution in [0.3, 0.4) is 0 Å². The van der Waals surface area contributed by atoms with E-state index in [9.17, 15) is 4.79 Å². The summed E-state index contributed by atoms with van der Waals surface area (Å²) in [7, 11) is 0. The number of benzene rings is 1. The maximum Gasteiger partial charge on any atom is 0.287 e. The summed E-state index contributed by atoms with van der Waals surface area (Å²) in [5.74, 6) is 3.61. The van der Waals surface area contributed by atoms with Crippen LogP contribution in [0, 0.1) is 34.5 Å². The summed E-state index contributed by atoms with van der Waals surface area (Å²) in [4.78, 5) is 17.5. The molecule has 2 heterocycles. The van der Waals surface area contributed by atoms with E-state index >= 15 is 0 Å². The fraction of sp³-hybridized carbons (Fsp3) is 0.571. The van der Waals surface area contributed by atoms with Gasteiger partial charge in [-0.05, 0) is 72.7 Å². The molecule has 4 heteroatoms. The van der Waals surface area contributed by atoms with Gasteiger partial charge in [0.1, 0.15) is 0 Å². The molecule has 1 amide bonds. The van der Waals surface area contributed by atoms with Crippen LogP contribution in [0.4, 0.5) is 0 Å². The third-order valence-corrected chi connectivity index (χ3v) is 9.72. The lowest BCUT2D eigenvalue weighted by Crippen LogP contribution is -2.62. The van der Waals surface area contributed by atoms with E-state index in [-0.39, 0.29) is 17.4 Å². The molecule has 1 aliphatic heterocycles. The molecule has 3 aliphatic carbocycles.